The van der Waals surface area contributed by atoms with Crippen LogP contribution in [0.3, 0.4) is 0 Å². The van der Waals surface area contributed by atoms with Crippen LogP contribution in [0.25, 0.3) is 0 Å². The van der Waals surface area contributed by atoms with Crippen LogP contribution in [0.2, 0.25) is 0 Å². The molecule has 0 bridgehead atoms. The van der Waals surface area contributed by atoms with Crippen molar-refractivity contribution < 1.29 is 4.74 Å². The number of nitrogens with one attached hydrogen (secondary N) is 1. The van der Waals surface area contributed by atoms with Crippen molar-refractivity contribution in [1.82, 2.24) is 4.98 Å². The normalized spacial score (nSPS) is 23.1. The molecule has 16 heavy (non-hydrogen) atoms. The summed E-state index contributed by atoms with van der Waals surface area (Å²) in [5.74, 6) is 0.667. The van der Waals surface area contributed by atoms with Gasteiger partial charge < -0.3 is 10.1 Å². The van der Waals surface area contributed by atoms with Crippen LogP contribution in [0.4, 0.5) is 5.69 Å². The van der Waals surface area contributed by atoms with Crippen LogP contribution in [0.1, 0.15) is 33.1 Å². The summed E-state index contributed by atoms with van der Waals surface area (Å²) < 4.78 is 5.12. The van der Waals surface area contributed by atoms with Gasteiger partial charge in [-0.25, -0.2) is 4.98 Å². The third-order valence-corrected chi connectivity index (χ3v) is 3.54. The number of hydrogen-bond donors (Lipinski definition) is 1. The number of aromatic nitrogens is 1. The Bertz CT molecular complexity index is 363. The minimum absolute atomic E-state index is 0.385. The van der Waals surface area contributed by atoms with Crippen LogP contribution in [0, 0.1) is 5.41 Å². The Balaban J connectivity index is 2.08. The quantitative estimate of drug-likeness (QED) is 0.850. The zero-order valence-corrected chi connectivity index (χ0v) is 10.3. The van der Waals surface area contributed by atoms with E-state index in [0.717, 1.165) is 5.69 Å². The highest BCUT2D eigenvalue weighted by Crippen LogP contribution is 2.39. The molecular formula is C13H20N2O. The van der Waals surface area contributed by atoms with Gasteiger partial charge in [0.2, 0.25) is 5.88 Å². The molecule has 0 aromatic carbocycles. The van der Waals surface area contributed by atoms with Gasteiger partial charge >= 0.3 is 0 Å². The van der Waals surface area contributed by atoms with E-state index in [-0.39, 0.29) is 0 Å². The van der Waals surface area contributed by atoms with E-state index in [1.54, 1.807) is 13.3 Å². The van der Waals surface area contributed by atoms with Gasteiger partial charge in [0.05, 0.1) is 7.11 Å². The third kappa shape index (κ3) is 2.29. The Hall–Kier alpha value is -1.25. The van der Waals surface area contributed by atoms with E-state index in [9.17, 15) is 0 Å². The molecule has 1 unspecified atom stereocenters. The smallest absolute Gasteiger partial charge is 0.214 e. The molecule has 1 aliphatic rings. The molecule has 0 saturated heterocycles. The van der Waals surface area contributed by atoms with Crippen LogP contribution in [-0.2, 0) is 0 Å². The molecule has 1 aliphatic carbocycles. The molecule has 1 atom stereocenters. The van der Waals surface area contributed by atoms with E-state index in [1.807, 2.05) is 12.1 Å². The molecule has 1 N–H and O–H groups in total. The number of hydrogen-bond acceptors (Lipinski definition) is 3. The molecule has 0 amide bonds. The molecule has 0 radical (unpaired) electrons. The van der Waals surface area contributed by atoms with Crippen molar-refractivity contribution in [3.63, 3.8) is 0 Å². The van der Waals surface area contributed by atoms with Crippen molar-refractivity contribution in [2.45, 2.75) is 39.2 Å². The Kier molecular flexibility index (Phi) is 3.03. The van der Waals surface area contributed by atoms with Crippen LogP contribution >= 0.6 is 0 Å². The number of nitrogens with zero attached hydrogens (tertiary/aromatic N) is 1. The van der Waals surface area contributed by atoms with Crippen molar-refractivity contribution in [1.29, 1.82) is 0 Å². The van der Waals surface area contributed by atoms with Crippen LogP contribution in [0.5, 0.6) is 5.88 Å². The van der Waals surface area contributed by atoms with Crippen molar-refractivity contribution in [2.75, 3.05) is 12.4 Å². The van der Waals surface area contributed by atoms with Gasteiger partial charge in [0.25, 0.3) is 0 Å². The zero-order chi connectivity index (χ0) is 11.6. The lowest BCUT2D eigenvalue weighted by Gasteiger charge is -2.28. The van der Waals surface area contributed by atoms with Gasteiger partial charge in [-0.1, -0.05) is 20.3 Å². The fourth-order valence-electron chi connectivity index (χ4n) is 2.41. The Morgan fingerprint density at radius 3 is 2.94 bits per heavy atom. The molecule has 1 fully saturated rings. The maximum Gasteiger partial charge on any atom is 0.214 e. The molecule has 0 aliphatic heterocycles. The SMILES string of the molecule is COc1cc(NC2CCCC2(C)C)ccn1. The summed E-state index contributed by atoms with van der Waals surface area (Å²) in [7, 11) is 1.64. The Morgan fingerprint density at radius 2 is 2.31 bits per heavy atom. The zero-order valence-electron chi connectivity index (χ0n) is 10.3. The first-order valence-corrected chi connectivity index (χ1v) is 5.88. The van der Waals surface area contributed by atoms with E-state index in [0.29, 0.717) is 17.3 Å². The maximum atomic E-state index is 5.12. The number of anilines is 1. The second-order valence-electron chi connectivity index (χ2n) is 5.16. The number of pyridine rings is 1. The number of rotatable bonds is 3. The molecule has 3 heteroatoms. The molecule has 1 aromatic rings. The molecule has 3 nitrogen and oxygen atoms in total. The highest BCUT2D eigenvalue weighted by Gasteiger charge is 2.34. The molecule has 1 heterocycles. The van der Waals surface area contributed by atoms with Crippen LogP contribution in [-0.4, -0.2) is 18.1 Å². The highest BCUT2D eigenvalue weighted by molar-refractivity contribution is 5.46. The van der Waals surface area contributed by atoms with Gasteiger partial charge in [-0.05, 0) is 24.3 Å². The van der Waals surface area contributed by atoms with E-state index in [4.69, 9.17) is 4.74 Å². The van der Waals surface area contributed by atoms with E-state index < -0.39 is 0 Å². The van der Waals surface area contributed by atoms with Crippen molar-refractivity contribution >= 4 is 5.69 Å². The predicted molar refractivity (Wildman–Crippen MR) is 65.8 cm³/mol. The van der Waals surface area contributed by atoms with E-state index >= 15 is 0 Å². The second kappa shape index (κ2) is 4.32. The fourth-order valence-corrected chi connectivity index (χ4v) is 2.41. The van der Waals surface area contributed by atoms with Crippen molar-refractivity contribution in [3.05, 3.63) is 18.3 Å². The maximum absolute atomic E-state index is 5.12. The minimum atomic E-state index is 0.385. The second-order valence-corrected chi connectivity index (χ2v) is 5.16. The molecule has 1 aromatic heterocycles. The third-order valence-electron chi connectivity index (χ3n) is 3.54. The first kappa shape index (κ1) is 11.2. The summed E-state index contributed by atoms with van der Waals surface area (Å²) in [6, 6.07) is 4.50. The molecule has 88 valence electrons. The van der Waals surface area contributed by atoms with Gasteiger partial charge in [0.15, 0.2) is 0 Å². The Morgan fingerprint density at radius 1 is 1.50 bits per heavy atom. The molecule has 1 saturated carbocycles. The summed E-state index contributed by atoms with van der Waals surface area (Å²) in [5.41, 5.74) is 1.49. The lowest BCUT2D eigenvalue weighted by molar-refractivity contribution is 0.349. The van der Waals surface area contributed by atoms with Crippen molar-refractivity contribution in [2.24, 2.45) is 5.41 Å². The molecule has 0 spiro atoms. The predicted octanol–water partition coefficient (Wildman–Crippen LogP) is 3.08. The topological polar surface area (TPSA) is 34.1 Å². The van der Waals surface area contributed by atoms with E-state index in [1.165, 1.54) is 19.3 Å². The van der Waals surface area contributed by atoms with Gasteiger partial charge in [-0.15, -0.1) is 0 Å². The van der Waals surface area contributed by atoms with E-state index in [2.05, 4.69) is 24.1 Å². The fraction of sp³-hybridized carbons (Fsp3) is 0.615. The van der Waals surface area contributed by atoms with Gasteiger partial charge in [0, 0.05) is 24.0 Å². The van der Waals surface area contributed by atoms with Crippen LogP contribution < -0.4 is 10.1 Å². The average molecular weight is 220 g/mol. The first-order chi connectivity index (χ1) is 7.62. The summed E-state index contributed by atoms with van der Waals surface area (Å²) in [5, 5.41) is 3.59. The monoisotopic (exact) mass is 220 g/mol. The summed E-state index contributed by atoms with van der Waals surface area (Å²) in [6.45, 7) is 4.66. The van der Waals surface area contributed by atoms with Gasteiger partial charge in [-0.3, -0.25) is 0 Å². The lowest BCUT2D eigenvalue weighted by Crippen LogP contribution is -2.30. The number of ether oxygens (including phenoxy) is 1. The molecular weight excluding hydrogens is 200 g/mol. The first-order valence-electron chi connectivity index (χ1n) is 5.88. The highest BCUT2D eigenvalue weighted by atomic mass is 16.5. The Labute approximate surface area is 97.2 Å². The van der Waals surface area contributed by atoms with Crippen molar-refractivity contribution in [3.8, 4) is 5.88 Å². The summed E-state index contributed by atoms with van der Waals surface area (Å²) in [6.07, 6.45) is 5.64. The lowest BCUT2D eigenvalue weighted by atomic mass is 9.87. The summed E-state index contributed by atoms with van der Waals surface area (Å²) in [4.78, 5) is 4.11. The van der Waals surface area contributed by atoms with Gasteiger partial charge in [0.1, 0.15) is 0 Å². The minimum Gasteiger partial charge on any atom is -0.481 e. The van der Waals surface area contributed by atoms with Crippen LogP contribution in [0.15, 0.2) is 18.3 Å². The largest absolute Gasteiger partial charge is 0.481 e. The number of methoxy groups -OCH3 is 1. The molecule has 2 rings (SSSR count). The average Bonchev–Trinajstić information content (AvgIpc) is 2.59. The van der Waals surface area contributed by atoms with Gasteiger partial charge in [-0.2, -0.15) is 0 Å². The standard InChI is InChI=1S/C13H20N2O/c1-13(2)7-4-5-11(13)15-10-6-8-14-12(9-10)16-3/h6,8-9,11H,4-5,7H2,1-3H3,(H,14,15). The summed E-state index contributed by atoms with van der Waals surface area (Å²) >= 11 is 0.